The van der Waals surface area contributed by atoms with Crippen LogP contribution in [0.3, 0.4) is 0 Å². The number of para-hydroxylation sites is 2. The molecule has 0 atom stereocenters. The monoisotopic (exact) mass is 324 g/mol. The molecule has 3 rings (SSSR count). The number of rotatable bonds is 4. The molecule has 24 heavy (non-hydrogen) atoms. The molecular formula is C16H12N4O4. The van der Waals surface area contributed by atoms with Gasteiger partial charge in [0.2, 0.25) is 5.82 Å². The smallest absolute Gasteiger partial charge is 0.410 e. The summed E-state index contributed by atoms with van der Waals surface area (Å²) < 4.78 is 6.36. The highest BCUT2D eigenvalue weighted by Gasteiger charge is 2.22. The summed E-state index contributed by atoms with van der Waals surface area (Å²) in [6.45, 7) is 0. The highest BCUT2D eigenvalue weighted by atomic mass is 16.6. The fourth-order valence-corrected chi connectivity index (χ4v) is 2.02. The molecule has 0 fully saturated rings. The van der Waals surface area contributed by atoms with Crippen molar-refractivity contribution in [3.05, 3.63) is 77.0 Å². The molecule has 0 saturated carbocycles. The summed E-state index contributed by atoms with van der Waals surface area (Å²) in [5.41, 5.74) is 0.300. The molecule has 2 aromatic carbocycles. The van der Waals surface area contributed by atoms with Gasteiger partial charge >= 0.3 is 11.8 Å². The summed E-state index contributed by atoms with van der Waals surface area (Å²) in [4.78, 5) is 22.4. The largest absolute Gasteiger partial charge is 0.418 e. The van der Waals surface area contributed by atoms with Gasteiger partial charge in [0.15, 0.2) is 0 Å². The Morgan fingerprint density at radius 1 is 1.08 bits per heavy atom. The molecular weight excluding hydrogens is 312 g/mol. The van der Waals surface area contributed by atoms with E-state index in [4.69, 9.17) is 4.74 Å². The number of hydrogen-bond donors (Lipinski definition) is 1. The number of carbonyl (C=O) groups is 1. The van der Waals surface area contributed by atoms with Gasteiger partial charge in [-0.05, 0) is 24.3 Å². The van der Waals surface area contributed by atoms with E-state index in [0.717, 1.165) is 0 Å². The van der Waals surface area contributed by atoms with Gasteiger partial charge in [0.1, 0.15) is 11.9 Å². The Labute approximate surface area is 136 Å². The summed E-state index contributed by atoms with van der Waals surface area (Å²) in [6, 6.07) is 17.2. The SMILES string of the molecule is O=C(Nc1nn(-c2ccccc2)cc1[N+](=O)[O-])Oc1ccccc1. The predicted molar refractivity (Wildman–Crippen MR) is 86.3 cm³/mol. The normalized spacial score (nSPS) is 10.2. The van der Waals surface area contributed by atoms with Crippen molar-refractivity contribution in [1.82, 2.24) is 9.78 Å². The standard InChI is InChI=1S/C16H12N4O4/c21-16(24-13-9-5-2-6-10-13)17-15-14(20(22)23)11-19(18-15)12-7-3-1-4-8-12/h1-11H,(H,17,18,21). The molecule has 0 spiro atoms. The second-order valence-corrected chi connectivity index (χ2v) is 4.73. The van der Waals surface area contributed by atoms with Crippen molar-refractivity contribution in [1.29, 1.82) is 0 Å². The number of carbonyl (C=O) groups excluding carboxylic acids is 1. The van der Waals surface area contributed by atoms with E-state index in [1.165, 1.54) is 10.9 Å². The van der Waals surface area contributed by atoms with E-state index >= 15 is 0 Å². The van der Waals surface area contributed by atoms with Crippen LogP contribution in [0.5, 0.6) is 5.75 Å². The third-order valence-electron chi connectivity index (χ3n) is 3.09. The first-order chi connectivity index (χ1) is 11.6. The molecule has 0 saturated heterocycles. The fourth-order valence-electron chi connectivity index (χ4n) is 2.02. The van der Waals surface area contributed by atoms with Gasteiger partial charge in [-0.3, -0.25) is 15.4 Å². The number of amides is 1. The summed E-state index contributed by atoms with van der Waals surface area (Å²) >= 11 is 0. The lowest BCUT2D eigenvalue weighted by Gasteiger charge is -2.04. The topological polar surface area (TPSA) is 99.3 Å². The fraction of sp³-hybridized carbons (Fsp3) is 0. The zero-order chi connectivity index (χ0) is 16.9. The van der Waals surface area contributed by atoms with Crippen LogP contribution in [0.25, 0.3) is 5.69 Å². The number of anilines is 1. The van der Waals surface area contributed by atoms with E-state index in [2.05, 4.69) is 10.4 Å². The van der Waals surface area contributed by atoms with Gasteiger partial charge in [-0.15, -0.1) is 5.10 Å². The molecule has 3 aromatic rings. The Morgan fingerprint density at radius 3 is 2.33 bits per heavy atom. The van der Waals surface area contributed by atoms with Crippen molar-refractivity contribution >= 4 is 17.6 Å². The van der Waals surface area contributed by atoms with Gasteiger partial charge in [0.05, 0.1) is 10.6 Å². The van der Waals surface area contributed by atoms with Crippen LogP contribution in [0.4, 0.5) is 16.3 Å². The average Bonchev–Trinajstić information content (AvgIpc) is 3.00. The van der Waals surface area contributed by atoms with Crippen LogP contribution in [0.2, 0.25) is 0 Å². The van der Waals surface area contributed by atoms with Crippen LogP contribution in [0.15, 0.2) is 66.9 Å². The minimum absolute atomic E-state index is 0.190. The van der Waals surface area contributed by atoms with Gasteiger partial charge in [-0.1, -0.05) is 36.4 Å². The molecule has 120 valence electrons. The summed E-state index contributed by atoms with van der Waals surface area (Å²) in [6.07, 6.45) is 0.371. The number of aromatic nitrogens is 2. The molecule has 1 aromatic heterocycles. The number of benzene rings is 2. The Balaban J connectivity index is 1.83. The lowest BCUT2D eigenvalue weighted by molar-refractivity contribution is -0.384. The molecule has 0 aliphatic carbocycles. The first kappa shape index (κ1) is 15.2. The van der Waals surface area contributed by atoms with Gasteiger partial charge in [-0.2, -0.15) is 0 Å². The predicted octanol–water partition coefficient (Wildman–Crippen LogP) is 3.39. The molecule has 1 N–H and O–H groups in total. The zero-order valence-electron chi connectivity index (χ0n) is 12.3. The average molecular weight is 324 g/mol. The Hall–Kier alpha value is -3.68. The lowest BCUT2D eigenvalue weighted by Crippen LogP contribution is -2.17. The maximum absolute atomic E-state index is 11.9. The van der Waals surface area contributed by atoms with Crippen LogP contribution >= 0.6 is 0 Å². The second kappa shape index (κ2) is 6.61. The quantitative estimate of drug-likeness (QED) is 0.586. The van der Waals surface area contributed by atoms with Crippen LogP contribution in [0, 0.1) is 10.1 Å². The van der Waals surface area contributed by atoms with E-state index < -0.39 is 11.0 Å². The van der Waals surface area contributed by atoms with Crippen molar-refractivity contribution in [2.45, 2.75) is 0 Å². The van der Waals surface area contributed by atoms with E-state index in [9.17, 15) is 14.9 Å². The molecule has 0 unspecified atom stereocenters. The van der Waals surface area contributed by atoms with E-state index in [-0.39, 0.29) is 11.5 Å². The molecule has 8 nitrogen and oxygen atoms in total. The number of nitrogens with one attached hydrogen (secondary N) is 1. The molecule has 8 heteroatoms. The van der Waals surface area contributed by atoms with Crippen molar-refractivity contribution in [2.75, 3.05) is 5.32 Å². The Morgan fingerprint density at radius 2 is 1.71 bits per heavy atom. The lowest BCUT2D eigenvalue weighted by atomic mass is 10.3. The van der Waals surface area contributed by atoms with Crippen molar-refractivity contribution in [3.8, 4) is 11.4 Å². The molecule has 0 bridgehead atoms. The molecule has 0 radical (unpaired) electrons. The Kier molecular flexibility index (Phi) is 4.19. The van der Waals surface area contributed by atoms with Crippen LogP contribution in [-0.2, 0) is 0 Å². The number of hydrogen-bond acceptors (Lipinski definition) is 5. The number of ether oxygens (including phenoxy) is 1. The Bertz CT molecular complexity index is 862. The van der Waals surface area contributed by atoms with Crippen LogP contribution in [0.1, 0.15) is 0 Å². The number of nitrogens with zero attached hydrogens (tertiary/aromatic N) is 3. The highest BCUT2D eigenvalue weighted by molar-refractivity contribution is 5.87. The second-order valence-electron chi connectivity index (χ2n) is 4.73. The van der Waals surface area contributed by atoms with Crippen LogP contribution in [-0.4, -0.2) is 20.8 Å². The first-order valence-electron chi connectivity index (χ1n) is 6.97. The summed E-state index contributed by atoms with van der Waals surface area (Å²) in [5, 5.41) is 17.5. The van der Waals surface area contributed by atoms with Gasteiger partial charge in [-0.25, -0.2) is 9.48 Å². The maximum Gasteiger partial charge on any atom is 0.418 e. The minimum atomic E-state index is -0.859. The van der Waals surface area contributed by atoms with Gasteiger partial charge < -0.3 is 4.74 Å². The van der Waals surface area contributed by atoms with E-state index in [0.29, 0.717) is 11.4 Å². The first-order valence-corrected chi connectivity index (χ1v) is 6.97. The van der Waals surface area contributed by atoms with Gasteiger partial charge in [0, 0.05) is 0 Å². The summed E-state index contributed by atoms with van der Waals surface area (Å²) in [7, 11) is 0. The third kappa shape index (κ3) is 3.38. The maximum atomic E-state index is 11.9. The zero-order valence-corrected chi connectivity index (χ0v) is 12.3. The van der Waals surface area contributed by atoms with Crippen molar-refractivity contribution < 1.29 is 14.5 Å². The van der Waals surface area contributed by atoms with E-state index in [1.54, 1.807) is 54.6 Å². The third-order valence-corrected chi connectivity index (χ3v) is 3.09. The van der Waals surface area contributed by atoms with Gasteiger partial charge in [0.25, 0.3) is 0 Å². The molecule has 1 amide bonds. The van der Waals surface area contributed by atoms with Crippen LogP contribution < -0.4 is 10.1 Å². The molecule has 0 aliphatic heterocycles. The molecule has 1 heterocycles. The minimum Gasteiger partial charge on any atom is -0.410 e. The number of nitro groups is 1. The molecule has 0 aliphatic rings. The van der Waals surface area contributed by atoms with Crippen molar-refractivity contribution in [2.24, 2.45) is 0 Å². The highest BCUT2D eigenvalue weighted by Crippen LogP contribution is 2.24. The van der Waals surface area contributed by atoms with E-state index in [1.807, 2.05) is 6.07 Å². The van der Waals surface area contributed by atoms with Crippen molar-refractivity contribution in [3.63, 3.8) is 0 Å². The summed E-state index contributed by atoms with van der Waals surface area (Å²) in [5.74, 6) is 0.130.